The topological polar surface area (TPSA) is 86.2 Å². The van der Waals surface area contributed by atoms with Gasteiger partial charge < -0.3 is 11.5 Å². The SMILES string of the molecule is NC(=O)C1=C(SSC2=C(C(N)=O)CCC2)CCC1. The molecule has 0 radical (unpaired) electrons. The van der Waals surface area contributed by atoms with Crippen molar-refractivity contribution in [1.29, 1.82) is 0 Å². The Labute approximate surface area is 114 Å². The van der Waals surface area contributed by atoms with Crippen molar-refractivity contribution in [2.75, 3.05) is 0 Å². The second-order valence-corrected chi connectivity index (χ2v) is 6.72. The van der Waals surface area contributed by atoms with E-state index in [9.17, 15) is 9.59 Å². The van der Waals surface area contributed by atoms with E-state index in [2.05, 4.69) is 0 Å². The van der Waals surface area contributed by atoms with Gasteiger partial charge >= 0.3 is 0 Å². The summed E-state index contributed by atoms with van der Waals surface area (Å²) in [6, 6.07) is 0. The fourth-order valence-electron chi connectivity index (χ4n) is 2.24. The molecule has 0 saturated carbocycles. The predicted octanol–water partition coefficient (Wildman–Crippen LogP) is 2.21. The third-order valence-electron chi connectivity index (χ3n) is 3.17. The number of amides is 2. The molecule has 0 aromatic heterocycles. The Hall–Kier alpha value is -0.880. The van der Waals surface area contributed by atoms with Crippen LogP contribution in [0, 0.1) is 0 Å². The summed E-state index contributed by atoms with van der Waals surface area (Å²) < 4.78 is 0. The smallest absolute Gasteiger partial charge is 0.245 e. The minimum absolute atomic E-state index is 0.314. The van der Waals surface area contributed by atoms with Gasteiger partial charge in [-0.25, -0.2) is 0 Å². The van der Waals surface area contributed by atoms with E-state index >= 15 is 0 Å². The van der Waals surface area contributed by atoms with Gasteiger partial charge in [-0.1, -0.05) is 21.6 Å². The van der Waals surface area contributed by atoms with Gasteiger partial charge in [0.1, 0.15) is 0 Å². The van der Waals surface area contributed by atoms with Gasteiger partial charge in [0.25, 0.3) is 0 Å². The van der Waals surface area contributed by atoms with Gasteiger partial charge in [0.15, 0.2) is 0 Å². The molecule has 0 aliphatic heterocycles. The maximum absolute atomic E-state index is 11.2. The highest BCUT2D eigenvalue weighted by Gasteiger charge is 2.23. The molecule has 18 heavy (non-hydrogen) atoms. The first-order valence-corrected chi connectivity index (χ1v) is 8.12. The minimum Gasteiger partial charge on any atom is -0.366 e. The summed E-state index contributed by atoms with van der Waals surface area (Å²) in [6.07, 6.45) is 5.36. The van der Waals surface area contributed by atoms with Crippen LogP contribution in [0.4, 0.5) is 0 Å². The minimum atomic E-state index is -0.314. The van der Waals surface area contributed by atoms with Crippen LogP contribution in [0.2, 0.25) is 0 Å². The fraction of sp³-hybridized carbons (Fsp3) is 0.500. The fourth-order valence-corrected chi connectivity index (χ4v) is 5.21. The largest absolute Gasteiger partial charge is 0.366 e. The molecule has 4 nitrogen and oxygen atoms in total. The molecule has 0 saturated heterocycles. The summed E-state index contributed by atoms with van der Waals surface area (Å²) >= 11 is 0. The van der Waals surface area contributed by atoms with Crippen LogP contribution in [-0.2, 0) is 9.59 Å². The molecular weight excluding hydrogens is 268 g/mol. The van der Waals surface area contributed by atoms with E-state index in [1.165, 1.54) is 0 Å². The first-order valence-electron chi connectivity index (χ1n) is 5.97. The van der Waals surface area contributed by atoms with Crippen molar-refractivity contribution in [2.45, 2.75) is 38.5 Å². The Morgan fingerprint density at radius 2 is 1.17 bits per heavy atom. The summed E-state index contributed by atoms with van der Waals surface area (Å²) in [5.74, 6) is -0.628. The van der Waals surface area contributed by atoms with E-state index in [1.807, 2.05) is 0 Å². The molecule has 98 valence electrons. The molecule has 2 rings (SSSR count). The zero-order chi connectivity index (χ0) is 13.1. The van der Waals surface area contributed by atoms with Gasteiger partial charge in [-0.3, -0.25) is 9.59 Å². The van der Waals surface area contributed by atoms with E-state index in [1.54, 1.807) is 21.6 Å². The number of carbonyl (C=O) groups excluding carboxylic acids is 2. The monoisotopic (exact) mass is 284 g/mol. The zero-order valence-electron chi connectivity index (χ0n) is 10.0. The van der Waals surface area contributed by atoms with E-state index in [0.717, 1.165) is 59.5 Å². The average molecular weight is 284 g/mol. The van der Waals surface area contributed by atoms with Gasteiger partial charge in [-0.2, -0.15) is 0 Å². The van der Waals surface area contributed by atoms with Gasteiger partial charge in [0.05, 0.1) is 0 Å². The third kappa shape index (κ3) is 2.92. The van der Waals surface area contributed by atoms with Gasteiger partial charge in [-0.15, -0.1) is 0 Å². The van der Waals surface area contributed by atoms with Crippen LogP contribution in [0.5, 0.6) is 0 Å². The van der Waals surface area contributed by atoms with Crippen LogP contribution < -0.4 is 11.5 Å². The standard InChI is InChI=1S/C12H16N2O2S2/c13-11(15)7-3-1-5-9(7)17-18-10-6-2-4-8(10)12(14)16/h1-6H2,(H2,13,15)(H2,14,16). The van der Waals surface area contributed by atoms with Crippen molar-refractivity contribution in [1.82, 2.24) is 0 Å². The summed E-state index contributed by atoms with van der Waals surface area (Å²) in [6.45, 7) is 0. The average Bonchev–Trinajstić information content (AvgIpc) is 2.94. The van der Waals surface area contributed by atoms with Crippen molar-refractivity contribution in [3.63, 3.8) is 0 Å². The van der Waals surface area contributed by atoms with Crippen LogP contribution in [0.1, 0.15) is 38.5 Å². The van der Waals surface area contributed by atoms with Crippen molar-refractivity contribution in [3.05, 3.63) is 21.0 Å². The summed E-state index contributed by atoms with van der Waals surface area (Å²) in [7, 11) is 3.14. The normalized spacial score (nSPS) is 19.8. The Morgan fingerprint density at radius 3 is 1.50 bits per heavy atom. The molecule has 2 amide bonds. The van der Waals surface area contributed by atoms with Crippen LogP contribution in [0.15, 0.2) is 21.0 Å². The van der Waals surface area contributed by atoms with E-state index in [0.29, 0.717) is 0 Å². The first-order chi connectivity index (χ1) is 8.59. The molecule has 2 aliphatic rings. The lowest BCUT2D eigenvalue weighted by molar-refractivity contribution is -0.115. The lowest BCUT2D eigenvalue weighted by Gasteiger charge is -2.06. The second-order valence-electron chi connectivity index (χ2n) is 4.41. The highest BCUT2D eigenvalue weighted by atomic mass is 33.1. The molecule has 0 bridgehead atoms. The molecule has 2 aliphatic carbocycles. The third-order valence-corrected chi connectivity index (χ3v) is 6.02. The lowest BCUT2D eigenvalue weighted by atomic mass is 10.2. The molecule has 0 aromatic rings. The number of hydrogen-bond acceptors (Lipinski definition) is 4. The molecule has 0 atom stereocenters. The highest BCUT2D eigenvalue weighted by Crippen LogP contribution is 2.48. The lowest BCUT2D eigenvalue weighted by Crippen LogP contribution is -2.13. The highest BCUT2D eigenvalue weighted by molar-refractivity contribution is 8.79. The van der Waals surface area contributed by atoms with Crippen molar-refractivity contribution in [2.24, 2.45) is 11.5 Å². The number of rotatable bonds is 5. The van der Waals surface area contributed by atoms with Crippen LogP contribution >= 0.6 is 21.6 Å². The van der Waals surface area contributed by atoms with Crippen LogP contribution in [0.3, 0.4) is 0 Å². The van der Waals surface area contributed by atoms with Crippen molar-refractivity contribution < 1.29 is 9.59 Å². The molecule has 0 aromatic carbocycles. The van der Waals surface area contributed by atoms with Crippen LogP contribution in [0.25, 0.3) is 0 Å². The maximum atomic E-state index is 11.2. The number of carbonyl (C=O) groups is 2. The molecule has 0 spiro atoms. The predicted molar refractivity (Wildman–Crippen MR) is 75.3 cm³/mol. The van der Waals surface area contributed by atoms with Crippen molar-refractivity contribution >= 4 is 33.4 Å². The quantitative estimate of drug-likeness (QED) is 0.758. The van der Waals surface area contributed by atoms with E-state index < -0.39 is 0 Å². The van der Waals surface area contributed by atoms with Crippen molar-refractivity contribution in [3.8, 4) is 0 Å². The molecule has 0 unspecified atom stereocenters. The summed E-state index contributed by atoms with van der Waals surface area (Å²) in [5, 5.41) is 0. The first kappa shape index (κ1) is 13.5. The Kier molecular flexibility index (Phi) is 4.40. The van der Waals surface area contributed by atoms with E-state index in [-0.39, 0.29) is 11.8 Å². The molecule has 0 fully saturated rings. The Balaban J connectivity index is 2.04. The summed E-state index contributed by atoms with van der Waals surface area (Å²) in [5.41, 5.74) is 12.2. The molecule has 6 heteroatoms. The Morgan fingerprint density at radius 1 is 0.778 bits per heavy atom. The zero-order valence-corrected chi connectivity index (χ0v) is 11.7. The van der Waals surface area contributed by atoms with Gasteiger partial charge in [-0.05, 0) is 38.5 Å². The number of primary amides is 2. The number of nitrogens with two attached hydrogens (primary N) is 2. The van der Waals surface area contributed by atoms with E-state index in [4.69, 9.17) is 11.5 Å². The summed E-state index contributed by atoms with van der Waals surface area (Å²) in [4.78, 5) is 24.6. The number of allylic oxidation sites excluding steroid dienone is 2. The molecule has 4 N–H and O–H groups in total. The van der Waals surface area contributed by atoms with Crippen LogP contribution in [-0.4, -0.2) is 11.8 Å². The molecule has 0 heterocycles. The number of hydrogen-bond donors (Lipinski definition) is 2. The Bertz CT molecular complexity index is 413. The molecular formula is C12H16N2O2S2. The van der Waals surface area contributed by atoms with Gasteiger partial charge in [0.2, 0.25) is 11.8 Å². The van der Waals surface area contributed by atoms with Gasteiger partial charge in [0, 0.05) is 21.0 Å². The second kappa shape index (κ2) is 5.84. The maximum Gasteiger partial charge on any atom is 0.245 e.